The summed E-state index contributed by atoms with van der Waals surface area (Å²) in [4.78, 5) is 11.0. The van der Waals surface area contributed by atoms with Gasteiger partial charge >= 0.3 is 0 Å². The summed E-state index contributed by atoms with van der Waals surface area (Å²) in [5.74, 6) is 0. The van der Waals surface area contributed by atoms with Crippen molar-refractivity contribution in [3.8, 4) is 0 Å². The van der Waals surface area contributed by atoms with E-state index in [9.17, 15) is 13.2 Å². The molecule has 0 aromatic heterocycles. The van der Waals surface area contributed by atoms with Crippen LogP contribution in [0.25, 0.3) is 0 Å². The van der Waals surface area contributed by atoms with Gasteiger partial charge in [0.2, 0.25) is 10.0 Å². The van der Waals surface area contributed by atoms with Gasteiger partial charge in [0.25, 0.3) is 0 Å². The fraction of sp³-hybridized carbons (Fsp3) is 0.364. The number of aldehydes is 1. The van der Waals surface area contributed by atoms with Gasteiger partial charge in [0.15, 0.2) is 0 Å². The number of hydrogen-bond donors (Lipinski definition) is 0. The quantitative estimate of drug-likeness (QED) is 0.788. The Bertz CT molecular complexity index is 529. The third kappa shape index (κ3) is 2.36. The molecule has 0 bridgehead atoms. The molecular formula is C11H12ClNO3S. The lowest BCUT2D eigenvalue weighted by atomic mass is 10.2. The minimum Gasteiger partial charge on any atom is -0.302 e. The van der Waals surface area contributed by atoms with Crippen LogP contribution in [0.2, 0.25) is 5.02 Å². The first-order valence-corrected chi connectivity index (χ1v) is 7.10. The molecule has 0 amide bonds. The van der Waals surface area contributed by atoms with Gasteiger partial charge in [-0.3, -0.25) is 0 Å². The van der Waals surface area contributed by atoms with E-state index in [1.165, 1.54) is 16.4 Å². The molecule has 4 nitrogen and oxygen atoms in total. The standard InChI is InChI=1S/C11H12ClNO3S/c12-9-3-1-5-11(7-9)17(15,16)13-6-2-4-10(13)8-14/h1,3,5,7-8,10H,2,4,6H2/t10-/m0/s1. The highest BCUT2D eigenvalue weighted by Crippen LogP contribution is 2.26. The first-order chi connectivity index (χ1) is 8.05. The molecule has 1 fully saturated rings. The normalized spacial score (nSPS) is 21.6. The zero-order valence-corrected chi connectivity index (χ0v) is 10.6. The van der Waals surface area contributed by atoms with E-state index in [0.29, 0.717) is 30.7 Å². The van der Waals surface area contributed by atoms with E-state index in [1.54, 1.807) is 12.1 Å². The molecule has 1 saturated heterocycles. The van der Waals surface area contributed by atoms with Gasteiger partial charge in [0.1, 0.15) is 6.29 Å². The lowest BCUT2D eigenvalue weighted by Gasteiger charge is -2.19. The Kier molecular flexibility index (Phi) is 3.51. The summed E-state index contributed by atoms with van der Waals surface area (Å²) in [5, 5.41) is 0.368. The average Bonchev–Trinajstić information content (AvgIpc) is 2.77. The Morgan fingerprint density at radius 2 is 2.18 bits per heavy atom. The molecule has 1 aliphatic heterocycles. The van der Waals surface area contributed by atoms with Gasteiger partial charge < -0.3 is 4.79 Å². The van der Waals surface area contributed by atoms with Crippen LogP contribution in [-0.4, -0.2) is 31.6 Å². The Morgan fingerprint density at radius 1 is 1.41 bits per heavy atom. The SMILES string of the molecule is O=C[C@@H]1CCCN1S(=O)(=O)c1cccc(Cl)c1. The van der Waals surface area contributed by atoms with Crippen LogP contribution >= 0.6 is 11.6 Å². The third-order valence-corrected chi connectivity index (χ3v) is 4.96. The van der Waals surface area contributed by atoms with E-state index in [2.05, 4.69) is 0 Å². The number of carbonyl (C=O) groups excluding carboxylic acids is 1. The fourth-order valence-electron chi connectivity index (χ4n) is 1.96. The summed E-state index contributed by atoms with van der Waals surface area (Å²) in [7, 11) is -3.60. The number of halogens is 1. The van der Waals surface area contributed by atoms with E-state index in [4.69, 9.17) is 11.6 Å². The van der Waals surface area contributed by atoms with Gasteiger partial charge in [-0.1, -0.05) is 17.7 Å². The second-order valence-corrected chi connectivity index (χ2v) is 6.25. The zero-order chi connectivity index (χ0) is 12.5. The van der Waals surface area contributed by atoms with Crippen LogP contribution in [0.1, 0.15) is 12.8 Å². The maximum atomic E-state index is 12.3. The molecular weight excluding hydrogens is 262 g/mol. The monoisotopic (exact) mass is 273 g/mol. The molecule has 0 spiro atoms. The molecule has 6 heteroatoms. The molecule has 0 aliphatic carbocycles. The summed E-state index contributed by atoms with van der Waals surface area (Å²) in [6.45, 7) is 0.387. The minimum atomic E-state index is -3.60. The lowest BCUT2D eigenvalue weighted by molar-refractivity contribution is -0.110. The van der Waals surface area contributed by atoms with Gasteiger partial charge in [0, 0.05) is 11.6 Å². The number of rotatable bonds is 3. The molecule has 0 unspecified atom stereocenters. The summed E-state index contributed by atoms with van der Waals surface area (Å²) in [5.41, 5.74) is 0. The molecule has 1 aliphatic rings. The maximum absolute atomic E-state index is 12.3. The van der Waals surface area contributed by atoms with E-state index in [-0.39, 0.29) is 4.90 Å². The molecule has 92 valence electrons. The molecule has 17 heavy (non-hydrogen) atoms. The van der Waals surface area contributed by atoms with Gasteiger partial charge in [0.05, 0.1) is 10.9 Å². The predicted molar refractivity (Wildman–Crippen MR) is 64.4 cm³/mol. The summed E-state index contributed by atoms with van der Waals surface area (Å²) in [6.07, 6.45) is 1.99. The maximum Gasteiger partial charge on any atom is 0.243 e. The van der Waals surface area contributed by atoms with E-state index in [0.717, 1.165) is 0 Å². The van der Waals surface area contributed by atoms with Crippen LogP contribution < -0.4 is 0 Å². The number of carbonyl (C=O) groups is 1. The van der Waals surface area contributed by atoms with Crippen LogP contribution in [-0.2, 0) is 14.8 Å². The highest BCUT2D eigenvalue weighted by molar-refractivity contribution is 7.89. The van der Waals surface area contributed by atoms with Crippen molar-refractivity contribution in [1.29, 1.82) is 0 Å². The van der Waals surface area contributed by atoms with Crippen molar-refractivity contribution in [3.63, 3.8) is 0 Å². The average molecular weight is 274 g/mol. The van der Waals surface area contributed by atoms with Crippen LogP contribution in [0, 0.1) is 0 Å². The number of hydrogen-bond acceptors (Lipinski definition) is 3. The Balaban J connectivity index is 2.39. The Morgan fingerprint density at radius 3 is 2.82 bits per heavy atom. The van der Waals surface area contributed by atoms with E-state index in [1.807, 2.05) is 0 Å². The van der Waals surface area contributed by atoms with E-state index < -0.39 is 16.1 Å². The van der Waals surface area contributed by atoms with Crippen LogP contribution in [0.15, 0.2) is 29.2 Å². The molecule has 0 saturated carbocycles. The van der Waals surface area contributed by atoms with Crippen LogP contribution in [0.5, 0.6) is 0 Å². The largest absolute Gasteiger partial charge is 0.302 e. The molecule has 0 radical (unpaired) electrons. The van der Waals surface area contributed by atoms with Gasteiger partial charge in [-0.2, -0.15) is 4.31 Å². The summed E-state index contributed by atoms with van der Waals surface area (Å²) >= 11 is 5.78. The Labute approximate surface area is 105 Å². The highest BCUT2D eigenvalue weighted by atomic mass is 35.5. The topological polar surface area (TPSA) is 54.5 Å². The minimum absolute atomic E-state index is 0.138. The molecule has 1 heterocycles. The second kappa shape index (κ2) is 4.76. The molecule has 0 N–H and O–H groups in total. The molecule has 1 atom stereocenters. The van der Waals surface area contributed by atoms with Crippen LogP contribution in [0.4, 0.5) is 0 Å². The number of benzene rings is 1. The van der Waals surface area contributed by atoms with Gasteiger partial charge in [-0.15, -0.1) is 0 Å². The summed E-state index contributed by atoms with van der Waals surface area (Å²) in [6, 6.07) is 5.54. The zero-order valence-electron chi connectivity index (χ0n) is 9.04. The highest BCUT2D eigenvalue weighted by Gasteiger charge is 2.34. The predicted octanol–water partition coefficient (Wildman–Crippen LogP) is 1.69. The second-order valence-electron chi connectivity index (χ2n) is 3.92. The van der Waals surface area contributed by atoms with Crippen LogP contribution in [0.3, 0.4) is 0 Å². The Hall–Kier alpha value is -0.910. The van der Waals surface area contributed by atoms with Crippen molar-refractivity contribution in [3.05, 3.63) is 29.3 Å². The smallest absolute Gasteiger partial charge is 0.243 e. The summed E-state index contributed by atoms with van der Waals surface area (Å²) < 4.78 is 25.8. The van der Waals surface area contributed by atoms with Crippen molar-refractivity contribution >= 4 is 27.9 Å². The van der Waals surface area contributed by atoms with Crippen molar-refractivity contribution in [2.45, 2.75) is 23.8 Å². The number of nitrogens with zero attached hydrogens (tertiary/aromatic N) is 1. The third-order valence-electron chi connectivity index (χ3n) is 2.81. The van der Waals surface area contributed by atoms with E-state index >= 15 is 0 Å². The fourth-order valence-corrected chi connectivity index (χ4v) is 3.90. The molecule has 1 aromatic carbocycles. The first-order valence-electron chi connectivity index (χ1n) is 5.28. The molecule has 1 aromatic rings. The first kappa shape index (κ1) is 12.5. The molecule has 2 rings (SSSR count). The van der Waals surface area contributed by atoms with Crippen molar-refractivity contribution in [1.82, 2.24) is 4.31 Å². The lowest BCUT2D eigenvalue weighted by Crippen LogP contribution is -2.36. The van der Waals surface area contributed by atoms with Crippen molar-refractivity contribution in [2.75, 3.05) is 6.54 Å². The van der Waals surface area contributed by atoms with Crippen molar-refractivity contribution in [2.24, 2.45) is 0 Å². The number of sulfonamides is 1. The van der Waals surface area contributed by atoms with Crippen molar-refractivity contribution < 1.29 is 13.2 Å². The van der Waals surface area contributed by atoms with Gasteiger partial charge in [-0.25, -0.2) is 8.42 Å². The van der Waals surface area contributed by atoms with Gasteiger partial charge in [-0.05, 0) is 31.0 Å².